The molecule has 0 amide bonds. The Balaban J connectivity index is 1.72. The highest BCUT2D eigenvalue weighted by atomic mass is 15.3. The van der Waals surface area contributed by atoms with Crippen LogP contribution in [0.1, 0.15) is 45.9 Å². The molecule has 1 aromatic rings. The van der Waals surface area contributed by atoms with Crippen molar-refractivity contribution >= 4 is 0 Å². The Labute approximate surface area is 110 Å². The number of nitrogens with one attached hydrogen (secondary N) is 1. The van der Waals surface area contributed by atoms with E-state index >= 15 is 0 Å². The lowest BCUT2D eigenvalue weighted by molar-refractivity contribution is 0.439. The maximum absolute atomic E-state index is 4.38. The van der Waals surface area contributed by atoms with Gasteiger partial charge >= 0.3 is 0 Å². The topological polar surface area (TPSA) is 42.7 Å². The lowest BCUT2D eigenvalue weighted by Gasteiger charge is -2.13. The maximum atomic E-state index is 4.38. The second-order valence-electron chi connectivity index (χ2n) is 6.08. The van der Waals surface area contributed by atoms with Crippen LogP contribution < -0.4 is 5.32 Å². The predicted molar refractivity (Wildman–Crippen MR) is 73.4 cm³/mol. The van der Waals surface area contributed by atoms with Crippen LogP contribution in [-0.2, 0) is 13.0 Å². The van der Waals surface area contributed by atoms with Gasteiger partial charge in [-0.15, -0.1) is 0 Å². The van der Waals surface area contributed by atoms with Crippen molar-refractivity contribution in [2.75, 3.05) is 6.54 Å². The molecule has 1 aromatic heterocycles. The molecule has 1 heterocycles. The number of hydrogen-bond donors (Lipinski definition) is 1. The largest absolute Gasteiger partial charge is 0.314 e. The Kier molecular flexibility index (Phi) is 4.75. The van der Waals surface area contributed by atoms with Crippen molar-refractivity contribution in [1.29, 1.82) is 0 Å². The van der Waals surface area contributed by atoms with Gasteiger partial charge in [0, 0.05) is 19.0 Å². The molecule has 0 bridgehead atoms. The number of rotatable bonds is 8. The van der Waals surface area contributed by atoms with Crippen LogP contribution in [0.2, 0.25) is 0 Å². The summed E-state index contributed by atoms with van der Waals surface area (Å²) in [6.07, 6.45) is 6.66. The van der Waals surface area contributed by atoms with Crippen molar-refractivity contribution in [1.82, 2.24) is 20.1 Å². The van der Waals surface area contributed by atoms with Gasteiger partial charge in [-0.1, -0.05) is 20.8 Å². The van der Waals surface area contributed by atoms with Crippen LogP contribution in [0.25, 0.3) is 0 Å². The molecule has 0 radical (unpaired) electrons. The third-order valence-electron chi connectivity index (χ3n) is 3.43. The Morgan fingerprint density at radius 2 is 2.17 bits per heavy atom. The van der Waals surface area contributed by atoms with Crippen LogP contribution >= 0.6 is 0 Å². The number of hydrogen-bond acceptors (Lipinski definition) is 3. The molecule has 0 aliphatic heterocycles. The first-order valence-corrected chi connectivity index (χ1v) is 7.25. The Bertz CT molecular complexity index is 354. The zero-order valence-electron chi connectivity index (χ0n) is 11.9. The lowest BCUT2D eigenvalue weighted by Crippen LogP contribution is -2.23. The van der Waals surface area contributed by atoms with Crippen molar-refractivity contribution in [3.8, 4) is 0 Å². The molecule has 1 aliphatic rings. The molecular weight excluding hydrogens is 224 g/mol. The van der Waals surface area contributed by atoms with Gasteiger partial charge in [0.25, 0.3) is 0 Å². The monoisotopic (exact) mass is 250 g/mol. The molecule has 18 heavy (non-hydrogen) atoms. The van der Waals surface area contributed by atoms with Crippen LogP contribution in [0.4, 0.5) is 0 Å². The van der Waals surface area contributed by atoms with Crippen LogP contribution in [0.3, 0.4) is 0 Å². The predicted octanol–water partition coefficient (Wildman–Crippen LogP) is 2.25. The molecule has 0 aromatic carbocycles. The van der Waals surface area contributed by atoms with Gasteiger partial charge in [-0.05, 0) is 37.6 Å². The molecule has 1 unspecified atom stereocenters. The molecule has 1 N–H and O–H groups in total. The fourth-order valence-electron chi connectivity index (χ4n) is 2.11. The molecule has 0 saturated heterocycles. The summed E-state index contributed by atoms with van der Waals surface area (Å²) in [7, 11) is 0. The fraction of sp³-hybridized carbons (Fsp3) is 0.857. The smallest absolute Gasteiger partial charge is 0.138 e. The van der Waals surface area contributed by atoms with Crippen molar-refractivity contribution in [3.63, 3.8) is 0 Å². The second-order valence-corrected chi connectivity index (χ2v) is 6.08. The van der Waals surface area contributed by atoms with Gasteiger partial charge in [0.05, 0.1) is 0 Å². The highest BCUT2D eigenvalue weighted by Gasteiger charge is 2.20. The van der Waals surface area contributed by atoms with Crippen LogP contribution in [-0.4, -0.2) is 27.4 Å². The van der Waals surface area contributed by atoms with Crippen LogP contribution in [0.5, 0.6) is 0 Å². The number of aromatic nitrogens is 3. The SMILES string of the molecule is CC(C)Cn1ncnc1CCC(C)CNC1CC1. The van der Waals surface area contributed by atoms with Gasteiger partial charge in [0.1, 0.15) is 12.2 Å². The first-order valence-electron chi connectivity index (χ1n) is 7.25. The van der Waals surface area contributed by atoms with E-state index in [0.717, 1.165) is 37.3 Å². The summed E-state index contributed by atoms with van der Waals surface area (Å²) in [5.41, 5.74) is 0. The van der Waals surface area contributed by atoms with E-state index in [9.17, 15) is 0 Å². The quantitative estimate of drug-likeness (QED) is 0.769. The summed E-state index contributed by atoms with van der Waals surface area (Å²) in [6, 6.07) is 0.817. The zero-order chi connectivity index (χ0) is 13.0. The molecule has 4 nitrogen and oxygen atoms in total. The molecule has 0 spiro atoms. The molecule has 1 saturated carbocycles. The van der Waals surface area contributed by atoms with Gasteiger partial charge in [-0.3, -0.25) is 0 Å². The van der Waals surface area contributed by atoms with E-state index in [1.165, 1.54) is 19.3 Å². The summed E-state index contributed by atoms with van der Waals surface area (Å²) in [5.74, 6) is 2.48. The molecule has 4 heteroatoms. The third kappa shape index (κ3) is 4.41. The molecular formula is C14H26N4. The van der Waals surface area contributed by atoms with Crippen LogP contribution in [0, 0.1) is 11.8 Å². The summed E-state index contributed by atoms with van der Waals surface area (Å²) in [5, 5.41) is 7.90. The van der Waals surface area contributed by atoms with Gasteiger partial charge in [-0.2, -0.15) is 5.10 Å². The minimum atomic E-state index is 0.624. The van der Waals surface area contributed by atoms with E-state index in [2.05, 4.69) is 40.9 Å². The third-order valence-corrected chi connectivity index (χ3v) is 3.43. The van der Waals surface area contributed by atoms with Gasteiger partial charge in [-0.25, -0.2) is 9.67 Å². The average Bonchev–Trinajstić information content (AvgIpc) is 3.05. The van der Waals surface area contributed by atoms with E-state index in [-0.39, 0.29) is 0 Å². The second kappa shape index (κ2) is 6.32. The standard InChI is InChI=1S/C14H26N4/c1-11(2)9-18-14(16-10-17-18)7-4-12(3)8-15-13-5-6-13/h10-13,15H,4-9H2,1-3H3. The summed E-state index contributed by atoms with van der Waals surface area (Å²) >= 11 is 0. The van der Waals surface area contributed by atoms with Crippen molar-refractivity contribution in [2.24, 2.45) is 11.8 Å². The minimum absolute atomic E-state index is 0.624. The Hall–Kier alpha value is -0.900. The van der Waals surface area contributed by atoms with E-state index in [1.807, 2.05) is 0 Å². The molecule has 1 atom stereocenters. The number of nitrogens with zero attached hydrogens (tertiary/aromatic N) is 3. The Morgan fingerprint density at radius 1 is 1.39 bits per heavy atom. The van der Waals surface area contributed by atoms with Crippen molar-refractivity contribution in [2.45, 2.75) is 59.0 Å². The lowest BCUT2D eigenvalue weighted by atomic mass is 10.1. The Morgan fingerprint density at radius 3 is 2.83 bits per heavy atom. The highest BCUT2D eigenvalue weighted by molar-refractivity contribution is 4.86. The van der Waals surface area contributed by atoms with Gasteiger partial charge in [0.2, 0.25) is 0 Å². The van der Waals surface area contributed by atoms with E-state index in [4.69, 9.17) is 0 Å². The first-order chi connectivity index (χ1) is 8.65. The fourth-order valence-corrected chi connectivity index (χ4v) is 2.11. The molecule has 1 aliphatic carbocycles. The zero-order valence-corrected chi connectivity index (χ0v) is 11.9. The van der Waals surface area contributed by atoms with Crippen molar-refractivity contribution in [3.05, 3.63) is 12.2 Å². The van der Waals surface area contributed by atoms with Crippen LogP contribution in [0.15, 0.2) is 6.33 Å². The summed E-state index contributed by atoms with van der Waals surface area (Å²) in [4.78, 5) is 4.38. The maximum Gasteiger partial charge on any atom is 0.138 e. The normalized spacial score (nSPS) is 17.3. The van der Waals surface area contributed by atoms with Gasteiger partial charge in [0.15, 0.2) is 0 Å². The van der Waals surface area contributed by atoms with Crippen molar-refractivity contribution < 1.29 is 0 Å². The molecule has 1 fully saturated rings. The summed E-state index contributed by atoms with van der Waals surface area (Å²) < 4.78 is 2.06. The first kappa shape index (κ1) is 13.5. The number of aryl methyl sites for hydroxylation is 1. The van der Waals surface area contributed by atoms with E-state index < -0.39 is 0 Å². The van der Waals surface area contributed by atoms with E-state index in [0.29, 0.717) is 5.92 Å². The highest BCUT2D eigenvalue weighted by Crippen LogP contribution is 2.19. The van der Waals surface area contributed by atoms with Gasteiger partial charge < -0.3 is 5.32 Å². The minimum Gasteiger partial charge on any atom is -0.314 e. The summed E-state index contributed by atoms with van der Waals surface area (Å²) in [6.45, 7) is 8.87. The van der Waals surface area contributed by atoms with E-state index in [1.54, 1.807) is 6.33 Å². The average molecular weight is 250 g/mol. The molecule has 102 valence electrons. The molecule has 2 rings (SSSR count).